The van der Waals surface area contributed by atoms with Gasteiger partial charge < -0.3 is 35.3 Å². The van der Waals surface area contributed by atoms with Crippen molar-refractivity contribution in [3.63, 3.8) is 0 Å². The zero-order valence-corrected chi connectivity index (χ0v) is 20.8. The van der Waals surface area contributed by atoms with Crippen LogP contribution in [-0.4, -0.2) is 84.7 Å². The molecular formula is C23H25ClFN5O8. The average Bonchev–Trinajstić information content (AvgIpc) is 3.46. The standard InChI is InChI=1S/C22H21ClFN5O7.CH4O/c23-21-27-16(25)15-17(28-21)29(10-26-15)18-14(24)7-13(36-18)9-35-22(19(31)32,20(33)34)8-12-3-1-11(2-4-12)5-6-30;1-2/h1-4,6,10,13-14,18H,5,7-9H2,(H,31,32)(H,33,34)(H2,25,27,28);2H,1H3. The summed E-state index contributed by atoms with van der Waals surface area (Å²) in [7, 11) is 1.00. The maximum absolute atomic E-state index is 14.9. The van der Waals surface area contributed by atoms with Gasteiger partial charge in [0, 0.05) is 26.4 Å². The Bertz CT molecular complexity index is 1290. The number of carboxylic acids is 2. The fourth-order valence-electron chi connectivity index (χ4n) is 3.98. The van der Waals surface area contributed by atoms with Crippen LogP contribution in [0.3, 0.4) is 0 Å². The van der Waals surface area contributed by atoms with Crippen LogP contribution in [0.25, 0.3) is 11.2 Å². The predicted molar refractivity (Wildman–Crippen MR) is 130 cm³/mol. The van der Waals surface area contributed by atoms with Gasteiger partial charge in [0.15, 0.2) is 17.7 Å². The number of nitrogens with two attached hydrogens (primary N) is 1. The minimum absolute atomic E-state index is 0.00364. The van der Waals surface area contributed by atoms with E-state index in [-0.39, 0.29) is 35.1 Å². The Morgan fingerprint density at radius 1 is 1.24 bits per heavy atom. The van der Waals surface area contributed by atoms with Crippen LogP contribution in [0.2, 0.25) is 5.28 Å². The van der Waals surface area contributed by atoms with E-state index in [4.69, 9.17) is 31.9 Å². The van der Waals surface area contributed by atoms with Crippen LogP contribution in [0.4, 0.5) is 10.2 Å². The van der Waals surface area contributed by atoms with Crippen molar-refractivity contribution in [2.24, 2.45) is 0 Å². The summed E-state index contributed by atoms with van der Waals surface area (Å²) in [5.41, 5.74) is 4.53. The summed E-state index contributed by atoms with van der Waals surface area (Å²) in [4.78, 5) is 46.6. The fourth-order valence-corrected chi connectivity index (χ4v) is 4.15. The summed E-state index contributed by atoms with van der Waals surface area (Å²) in [5.74, 6) is -3.44. The molecule has 0 bridgehead atoms. The first-order valence-electron chi connectivity index (χ1n) is 11.2. The first kappa shape index (κ1) is 28.8. The van der Waals surface area contributed by atoms with Crippen LogP contribution in [0.5, 0.6) is 0 Å². The number of hydrogen-bond donors (Lipinski definition) is 4. The molecule has 3 heterocycles. The number of alkyl halides is 1. The monoisotopic (exact) mass is 553 g/mol. The summed E-state index contributed by atoms with van der Waals surface area (Å²) in [6.07, 6.45) is -2.30. The number of aliphatic carboxylic acids is 2. The molecule has 1 fully saturated rings. The molecule has 2 aromatic heterocycles. The van der Waals surface area contributed by atoms with Crippen molar-refractivity contribution >= 4 is 46.8 Å². The molecule has 1 aliphatic heterocycles. The van der Waals surface area contributed by atoms with Crippen molar-refractivity contribution in [2.75, 3.05) is 19.5 Å². The molecule has 0 saturated carbocycles. The number of aliphatic hydroxyl groups is 1. The Hall–Kier alpha value is -3.72. The number of carboxylic acid groups (broad SMARTS) is 2. The molecule has 3 atom stereocenters. The Morgan fingerprint density at radius 2 is 1.87 bits per heavy atom. The molecular weight excluding hydrogens is 529 g/mol. The molecule has 38 heavy (non-hydrogen) atoms. The van der Waals surface area contributed by atoms with Crippen LogP contribution < -0.4 is 5.73 Å². The maximum Gasteiger partial charge on any atom is 0.348 e. The second-order valence-electron chi connectivity index (χ2n) is 8.21. The molecule has 0 spiro atoms. The van der Waals surface area contributed by atoms with Gasteiger partial charge in [0.2, 0.25) is 5.28 Å². The van der Waals surface area contributed by atoms with Gasteiger partial charge in [-0.15, -0.1) is 0 Å². The van der Waals surface area contributed by atoms with Crippen molar-refractivity contribution in [3.05, 3.63) is 47.0 Å². The topological polar surface area (TPSA) is 200 Å². The number of halogens is 2. The summed E-state index contributed by atoms with van der Waals surface area (Å²) < 4.78 is 27.3. The molecule has 13 nitrogen and oxygen atoms in total. The molecule has 0 amide bonds. The number of rotatable bonds is 10. The zero-order chi connectivity index (χ0) is 28.0. The van der Waals surface area contributed by atoms with Gasteiger partial charge in [-0.2, -0.15) is 9.97 Å². The van der Waals surface area contributed by atoms with E-state index in [1.165, 1.54) is 23.0 Å². The number of nitrogens with zero attached hydrogens (tertiary/aromatic N) is 4. The van der Waals surface area contributed by atoms with Crippen molar-refractivity contribution < 1.29 is 43.6 Å². The first-order chi connectivity index (χ1) is 18.1. The minimum Gasteiger partial charge on any atom is -0.479 e. The van der Waals surface area contributed by atoms with E-state index in [1.807, 2.05) is 0 Å². The molecule has 5 N–H and O–H groups in total. The minimum atomic E-state index is -2.64. The van der Waals surface area contributed by atoms with Gasteiger partial charge in [-0.1, -0.05) is 24.3 Å². The largest absolute Gasteiger partial charge is 0.479 e. The Morgan fingerprint density at radius 3 is 2.47 bits per heavy atom. The van der Waals surface area contributed by atoms with Crippen LogP contribution >= 0.6 is 11.6 Å². The van der Waals surface area contributed by atoms with Crippen molar-refractivity contribution in [1.29, 1.82) is 0 Å². The number of nitrogen functional groups attached to an aromatic ring is 1. The number of aliphatic hydroxyl groups excluding tert-OH is 1. The molecule has 4 rings (SSSR count). The smallest absolute Gasteiger partial charge is 0.348 e. The fraction of sp³-hybridized carbons (Fsp3) is 0.391. The van der Waals surface area contributed by atoms with Crippen molar-refractivity contribution in [1.82, 2.24) is 19.5 Å². The molecule has 1 saturated heterocycles. The molecule has 3 unspecified atom stereocenters. The van der Waals surface area contributed by atoms with E-state index >= 15 is 0 Å². The van der Waals surface area contributed by atoms with Gasteiger partial charge in [-0.05, 0) is 22.7 Å². The Labute approximate surface area is 220 Å². The Balaban J connectivity index is 0.00000195. The van der Waals surface area contributed by atoms with Crippen LogP contribution in [0, 0.1) is 0 Å². The summed E-state index contributed by atoms with van der Waals surface area (Å²) in [6, 6.07) is 6.22. The third kappa shape index (κ3) is 5.88. The lowest BCUT2D eigenvalue weighted by Gasteiger charge is -2.27. The quantitative estimate of drug-likeness (QED) is 0.159. The Kier molecular flexibility index (Phi) is 9.27. The van der Waals surface area contributed by atoms with E-state index in [1.54, 1.807) is 12.1 Å². The molecule has 3 aromatic rings. The zero-order valence-electron chi connectivity index (χ0n) is 20.0. The van der Waals surface area contributed by atoms with E-state index in [0.717, 1.165) is 7.11 Å². The second-order valence-corrected chi connectivity index (χ2v) is 8.55. The number of carbonyl (C=O) groups is 3. The van der Waals surface area contributed by atoms with Gasteiger partial charge in [0.1, 0.15) is 18.0 Å². The number of carbonyl (C=O) groups excluding carboxylic acids is 1. The lowest BCUT2D eigenvalue weighted by Crippen LogP contribution is -2.52. The third-order valence-corrected chi connectivity index (χ3v) is 6.00. The molecule has 0 aliphatic carbocycles. The van der Waals surface area contributed by atoms with Gasteiger partial charge in [0.05, 0.1) is 19.0 Å². The van der Waals surface area contributed by atoms with Crippen LogP contribution in [-0.2, 0) is 36.7 Å². The molecule has 1 aromatic carbocycles. The SMILES string of the molecule is CO.Nc1nc(Cl)nc2c1ncn2C1OC(COC(Cc2ccc(CC=O)cc2)(C(=O)O)C(=O)O)CC1F. The normalized spacial score (nSPS) is 19.1. The highest BCUT2D eigenvalue weighted by Crippen LogP contribution is 2.35. The second kappa shape index (κ2) is 12.2. The molecule has 1 aliphatic rings. The van der Waals surface area contributed by atoms with E-state index in [0.29, 0.717) is 17.4 Å². The number of imidazole rings is 1. The highest BCUT2D eigenvalue weighted by atomic mass is 35.5. The average molecular weight is 554 g/mol. The molecule has 204 valence electrons. The molecule has 15 heteroatoms. The van der Waals surface area contributed by atoms with E-state index in [9.17, 15) is 29.0 Å². The summed E-state index contributed by atoms with van der Waals surface area (Å²) in [6.45, 7) is -0.511. The number of benzene rings is 1. The first-order valence-corrected chi connectivity index (χ1v) is 11.5. The van der Waals surface area contributed by atoms with Gasteiger partial charge in [-0.3, -0.25) is 4.57 Å². The van der Waals surface area contributed by atoms with Crippen molar-refractivity contribution in [2.45, 2.75) is 43.4 Å². The number of hydrogen-bond acceptors (Lipinski definition) is 10. The van der Waals surface area contributed by atoms with Gasteiger partial charge >= 0.3 is 11.9 Å². The number of fused-ring (bicyclic) bond motifs is 1. The summed E-state index contributed by atoms with van der Waals surface area (Å²) in [5, 5.41) is 26.4. The summed E-state index contributed by atoms with van der Waals surface area (Å²) >= 11 is 5.85. The number of ether oxygens (including phenoxy) is 2. The van der Waals surface area contributed by atoms with Crippen LogP contribution in [0.15, 0.2) is 30.6 Å². The lowest BCUT2D eigenvalue weighted by molar-refractivity contribution is -0.188. The van der Waals surface area contributed by atoms with Crippen molar-refractivity contribution in [3.8, 4) is 0 Å². The van der Waals surface area contributed by atoms with E-state index in [2.05, 4.69) is 15.0 Å². The predicted octanol–water partition coefficient (Wildman–Crippen LogP) is 1.20. The molecule has 0 radical (unpaired) electrons. The number of aromatic nitrogens is 4. The third-order valence-electron chi connectivity index (χ3n) is 5.83. The van der Waals surface area contributed by atoms with Crippen LogP contribution in [0.1, 0.15) is 23.8 Å². The number of anilines is 1. The maximum atomic E-state index is 14.9. The number of aldehydes is 1. The van der Waals surface area contributed by atoms with Gasteiger partial charge in [-0.25, -0.2) is 19.0 Å². The highest BCUT2D eigenvalue weighted by molar-refractivity contribution is 6.28. The lowest BCUT2D eigenvalue weighted by atomic mass is 9.93. The van der Waals surface area contributed by atoms with E-state index < -0.39 is 49.1 Å². The highest BCUT2D eigenvalue weighted by Gasteiger charge is 2.50. The van der Waals surface area contributed by atoms with Gasteiger partial charge in [0.25, 0.3) is 5.60 Å².